The second kappa shape index (κ2) is 4.27. The summed E-state index contributed by atoms with van der Waals surface area (Å²) in [6.07, 6.45) is 0. The first kappa shape index (κ1) is 10.6. The third-order valence-corrected chi connectivity index (χ3v) is 2.53. The van der Waals surface area contributed by atoms with E-state index in [-0.39, 0.29) is 5.78 Å². The van der Waals surface area contributed by atoms with Crippen molar-refractivity contribution >= 4 is 5.78 Å². The fourth-order valence-corrected chi connectivity index (χ4v) is 1.70. The Morgan fingerprint density at radius 1 is 1.06 bits per heavy atom. The van der Waals surface area contributed by atoms with Gasteiger partial charge < -0.3 is 0 Å². The number of pyridine rings is 1. The molecule has 80 valence electrons. The maximum absolute atomic E-state index is 11.3. The summed E-state index contributed by atoms with van der Waals surface area (Å²) in [5.41, 5.74) is 3.46. The fourth-order valence-electron chi connectivity index (χ4n) is 1.70. The molecular weight excluding hydrogens is 198 g/mol. The summed E-state index contributed by atoms with van der Waals surface area (Å²) < 4.78 is 0. The van der Waals surface area contributed by atoms with Crippen LogP contribution in [0.25, 0.3) is 11.3 Å². The molecule has 0 saturated carbocycles. The third-order valence-electron chi connectivity index (χ3n) is 2.53. The number of hydrogen-bond acceptors (Lipinski definition) is 2. The average Bonchev–Trinajstić information content (AvgIpc) is 2.29. The molecule has 16 heavy (non-hydrogen) atoms. The number of aryl methyl sites for hydroxylation is 1. The number of rotatable bonds is 2. The molecule has 0 unspecified atom stereocenters. The first-order valence-electron chi connectivity index (χ1n) is 5.22. The van der Waals surface area contributed by atoms with Crippen molar-refractivity contribution in [3.05, 3.63) is 53.7 Å². The Kier molecular flexibility index (Phi) is 2.82. The molecule has 1 aromatic heterocycles. The van der Waals surface area contributed by atoms with Gasteiger partial charge in [0.15, 0.2) is 5.78 Å². The van der Waals surface area contributed by atoms with Crippen LogP contribution in [-0.2, 0) is 0 Å². The maximum atomic E-state index is 11.3. The lowest BCUT2D eigenvalue weighted by molar-refractivity contribution is 0.101. The predicted molar refractivity (Wildman–Crippen MR) is 64.4 cm³/mol. The Morgan fingerprint density at radius 3 is 2.31 bits per heavy atom. The lowest BCUT2D eigenvalue weighted by Crippen LogP contribution is -1.99. The summed E-state index contributed by atoms with van der Waals surface area (Å²) in [5, 5.41) is 0. The van der Waals surface area contributed by atoms with E-state index in [4.69, 9.17) is 0 Å². The molecule has 0 aliphatic carbocycles. The predicted octanol–water partition coefficient (Wildman–Crippen LogP) is 3.26. The van der Waals surface area contributed by atoms with Crippen molar-refractivity contribution in [1.29, 1.82) is 0 Å². The molecule has 2 aromatic rings. The van der Waals surface area contributed by atoms with Gasteiger partial charge in [-0.3, -0.25) is 9.78 Å². The molecule has 0 radical (unpaired) electrons. The Hall–Kier alpha value is -1.96. The van der Waals surface area contributed by atoms with Crippen LogP contribution in [-0.4, -0.2) is 10.8 Å². The van der Waals surface area contributed by atoms with Gasteiger partial charge in [-0.2, -0.15) is 0 Å². The lowest BCUT2D eigenvalue weighted by atomic mass is 10.1. The topological polar surface area (TPSA) is 30.0 Å². The van der Waals surface area contributed by atoms with Crippen LogP contribution >= 0.6 is 0 Å². The Bertz CT molecular complexity index is 518. The van der Waals surface area contributed by atoms with Gasteiger partial charge in [0.1, 0.15) is 0 Å². The molecule has 0 amide bonds. The van der Waals surface area contributed by atoms with Gasteiger partial charge in [-0.25, -0.2) is 0 Å². The van der Waals surface area contributed by atoms with Crippen LogP contribution in [0.1, 0.15) is 23.0 Å². The van der Waals surface area contributed by atoms with Gasteiger partial charge in [0, 0.05) is 16.8 Å². The summed E-state index contributed by atoms with van der Waals surface area (Å²) in [7, 11) is 0. The number of nitrogens with zero attached hydrogens (tertiary/aromatic N) is 1. The zero-order chi connectivity index (χ0) is 11.5. The Labute approximate surface area is 95.0 Å². The zero-order valence-electron chi connectivity index (χ0n) is 9.40. The van der Waals surface area contributed by atoms with Crippen LogP contribution in [0.15, 0.2) is 42.5 Å². The van der Waals surface area contributed by atoms with Crippen molar-refractivity contribution in [3.8, 4) is 11.3 Å². The molecule has 1 heterocycles. The number of carbonyl (C=O) groups excluding carboxylic acids is 1. The number of Topliss-reactive ketones (excluding diaryl/α,β-unsaturated/α-hetero) is 1. The molecule has 0 aliphatic heterocycles. The molecule has 2 rings (SSSR count). The highest BCUT2D eigenvalue weighted by Crippen LogP contribution is 2.18. The normalized spacial score (nSPS) is 10.1. The minimum Gasteiger partial charge on any atom is -0.294 e. The molecule has 2 heteroatoms. The zero-order valence-corrected chi connectivity index (χ0v) is 9.40. The molecule has 0 fully saturated rings. The van der Waals surface area contributed by atoms with E-state index in [1.165, 1.54) is 0 Å². The van der Waals surface area contributed by atoms with E-state index in [0.717, 1.165) is 17.0 Å². The molecule has 0 saturated heterocycles. The van der Waals surface area contributed by atoms with Gasteiger partial charge in [0.05, 0.1) is 5.69 Å². The second-order valence-corrected chi connectivity index (χ2v) is 3.75. The average molecular weight is 211 g/mol. The molecule has 0 N–H and O–H groups in total. The molecular formula is C14H13NO. The quantitative estimate of drug-likeness (QED) is 0.714. The van der Waals surface area contributed by atoms with Gasteiger partial charge in [0.2, 0.25) is 0 Å². The number of carbonyl (C=O) groups is 1. The Balaban J connectivity index is 2.46. The smallest absolute Gasteiger partial charge is 0.161 e. The van der Waals surface area contributed by atoms with Crippen molar-refractivity contribution in [2.24, 2.45) is 0 Å². The number of ketones is 1. The third kappa shape index (κ3) is 2.01. The van der Waals surface area contributed by atoms with Crippen LogP contribution in [0, 0.1) is 6.92 Å². The molecule has 0 bridgehead atoms. The van der Waals surface area contributed by atoms with Gasteiger partial charge in [-0.05, 0) is 26.0 Å². The SMILES string of the molecule is CC(=O)c1ccc(-c2ccccc2)nc1C. The van der Waals surface area contributed by atoms with Crippen molar-refractivity contribution in [2.45, 2.75) is 13.8 Å². The molecule has 2 nitrogen and oxygen atoms in total. The van der Waals surface area contributed by atoms with Crippen LogP contribution in [0.4, 0.5) is 0 Å². The highest BCUT2D eigenvalue weighted by molar-refractivity contribution is 5.95. The lowest BCUT2D eigenvalue weighted by Gasteiger charge is -2.05. The van der Waals surface area contributed by atoms with E-state index < -0.39 is 0 Å². The van der Waals surface area contributed by atoms with Crippen LogP contribution in [0.2, 0.25) is 0 Å². The van der Waals surface area contributed by atoms with Gasteiger partial charge in [-0.15, -0.1) is 0 Å². The van der Waals surface area contributed by atoms with Crippen molar-refractivity contribution < 1.29 is 4.79 Å². The Morgan fingerprint density at radius 2 is 1.75 bits per heavy atom. The maximum Gasteiger partial charge on any atom is 0.161 e. The monoisotopic (exact) mass is 211 g/mol. The molecule has 0 spiro atoms. The summed E-state index contributed by atoms with van der Waals surface area (Å²) in [6.45, 7) is 3.43. The van der Waals surface area contributed by atoms with Crippen LogP contribution in [0.5, 0.6) is 0 Å². The van der Waals surface area contributed by atoms with E-state index in [1.807, 2.05) is 49.4 Å². The van der Waals surface area contributed by atoms with E-state index in [9.17, 15) is 4.79 Å². The van der Waals surface area contributed by atoms with Gasteiger partial charge in [-0.1, -0.05) is 30.3 Å². The van der Waals surface area contributed by atoms with Gasteiger partial charge in [0.25, 0.3) is 0 Å². The number of aromatic nitrogens is 1. The fraction of sp³-hybridized carbons (Fsp3) is 0.143. The van der Waals surface area contributed by atoms with Crippen molar-refractivity contribution in [3.63, 3.8) is 0 Å². The summed E-state index contributed by atoms with van der Waals surface area (Å²) in [4.78, 5) is 15.7. The van der Waals surface area contributed by atoms with E-state index in [0.29, 0.717) is 5.56 Å². The minimum atomic E-state index is 0.0598. The second-order valence-electron chi connectivity index (χ2n) is 3.75. The van der Waals surface area contributed by atoms with Crippen LogP contribution < -0.4 is 0 Å². The first-order chi connectivity index (χ1) is 7.68. The van der Waals surface area contributed by atoms with Crippen molar-refractivity contribution in [2.75, 3.05) is 0 Å². The first-order valence-corrected chi connectivity index (χ1v) is 5.22. The summed E-state index contributed by atoms with van der Waals surface area (Å²) in [5.74, 6) is 0.0598. The van der Waals surface area contributed by atoms with Crippen molar-refractivity contribution in [1.82, 2.24) is 4.98 Å². The van der Waals surface area contributed by atoms with Gasteiger partial charge >= 0.3 is 0 Å². The van der Waals surface area contributed by atoms with Crippen LogP contribution in [0.3, 0.4) is 0 Å². The molecule has 0 atom stereocenters. The standard InChI is InChI=1S/C14H13NO/c1-10-13(11(2)16)8-9-14(15-10)12-6-4-3-5-7-12/h3-9H,1-2H3. The molecule has 0 aliphatic rings. The number of hydrogen-bond donors (Lipinski definition) is 0. The summed E-state index contributed by atoms with van der Waals surface area (Å²) >= 11 is 0. The molecule has 1 aromatic carbocycles. The minimum absolute atomic E-state index is 0.0598. The number of benzene rings is 1. The summed E-state index contributed by atoms with van der Waals surface area (Å²) in [6, 6.07) is 13.7. The highest BCUT2D eigenvalue weighted by Gasteiger charge is 2.06. The highest BCUT2D eigenvalue weighted by atomic mass is 16.1. The largest absolute Gasteiger partial charge is 0.294 e. The van der Waals surface area contributed by atoms with E-state index in [1.54, 1.807) is 6.92 Å². The van der Waals surface area contributed by atoms with E-state index >= 15 is 0 Å². The van der Waals surface area contributed by atoms with E-state index in [2.05, 4.69) is 4.98 Å².